The number of nitrogens with one attached hydrogen (secondary N) is 4. The van der Waals surface area contributed by atoms with Gasteiger partial charge in [-0.2, -0.15) is 5.10 Å². The Morgan fingerprint density at radius 3 is 2.89 bits per heavy atom. The average Bonchev–Trinajstić information content (AvgIpc) is 3.49. The Labute approximate surface area is 159 Å². The summed E-state index contributed by atoms with van der Waals surface area (Å²) in [6.45, 7) is 0. The smallest absolute Gasteiger partial charge is 0.291 e. The van der Waals surface area contributed by atoms with Gasteiger partial charge in [-0.1, -0.05) is 12.1 Å². The van der Waals surface area contributed by atoms with E-state index >= 15 is 0 Å². The molecule has 5 rings (SSSR count). The highest BCUT2D eigenvalue weighted by molar-refractivity contribution is 6.03. The second-order valence-corrected chi connectivity index (χ2v) is 6.26. The number of H-pyrrole nitrogens is 1. The van der Waals surface area contributed by atoms with E-state index in [0.717, 1.165) is 27.8 Å². The van der Waals surface area contributed by atoms with Crippen molar-refractivity contribution < 1.29 is 9.21 Å². The summed E-state index contributed by atoms with van der Waals surface area (Å²) in [6, 6.07) is 16.9. The van der Waals surface area contributed by atoms with Crippen LogP contribution in [0.15, 0.2) is 77.7 Å². The number of hydrogen-bond donors (Lipinski definition) is 4. The molecule has 28 heavy (non-hydrogen) atoms. The van der Waals surface area contributed by atoms with Crippen LogP contribution in [0.4, 0.5) is 11.4 Å². The molecule has 0 saturated heterocycles. The molecule has 1 amide bonds. The molecule has 0 fully saturated rings. The number of nitrogens with zero attached hydrogens (tertiary/aromatic N) is 2. The summed E-state index contributed by atoms with van der Waals surface area (Å²) in [6.07, 6.45) is 5.18. The lowest BCUT2D eigenvalue weighted by molar-refractivity contribution is 0.0996. The molecule has 2 aromatic carbocycles. The van der Waals surface area contributed by atoms with Gasteiger partial charge >= 0.3 is 0 Å². The summed E-state index contributed by atoms with van der Waals surface area (Å²) in [5.74, 6) is -0.0317. The summed E-state index contributed by atoms with van der Waals surface area (Å²) < 4.78 is 5.14. The molecular formula is C20H16N6O2. The predicted molar refractivity (Wildman–Crippen MR) is 106 cm³/mol. The first-order valence-electron chi connectivity index (χ1n) is 8.68. The molecule has 0 saturated carbocycles. The van der Waals surface area contributed by atoms with Crippen LogP contribution >= 0.6 is 0 Å². The zero-order valence-electron chi connectivity index (χ0n) is 14.6. The molecule has 1 aliphatic heterocycles. The van der Waals surface area contributed by atoms with Crippen molar-refractivity contribution in [3.05, 3.63) is 79.0 Å². The Morgan fingerprint density at radius 2 is 2.07 bits per heavy atom. The minimum absolute atomic E-state index is 0.264. The first kappa shape index (κ1) is 16.2. The minimum Gasteiger partial charge on any atom is -0.459 e. The van der Waals surface area contributed by atoms with E-state index in [1.807, 2.05) is 59.9 Å². The van der Waals surface area contributed by atoms with Gasteiger partial charge in [-0.3, -0.25) is 14.9 Å². The Balaban J connectivity index is 1.48. The Bertz CT molecular complexity index is 1180. The fourth-order valence-electron chi connectivity index (χ4n) is 3.12. The lowest BCUT2D eigenvalue weighted by atomic mass is 10.1. The number of carbonyl (C=O) groups is 1. The standard InChI is InChI=1S/C20H16N6O2/c27-20(18-5-2-10-28-18)22-14-4-1-3-13(11-14)19-16-12-15(26-9-8-21-25-26)6-7-17(16)23-24-19/h1-12,21,25H,(H,22,27)(H,23,24). The first-order chi connectivity index (χ1) is 13.8. The van der Waals surface area contributed by atoms with Crippen LogP contribution in [0, 0.1) is 0 Å². The van der Waals surface area contributed by atoms with E-state index in [1.54, 1.807) is 12.1 Å². The first-order valence-corrected chi connectivity index (χ1v) is 8.68. The van der Waals surface area contributed by atoms with E-state index in [2.05, 4.69) is 26.5 Å². The van der Waals surface area contributed by atoms with Crippen LogP contribution in [-0.2, 0) is 0 Å². The molecule has 8 nitrogen and oxygen atoms in total. The highest BCUT2D eigenvalue weighted by atomic mass is 16.3. The number of carbonyl (C=O) groups excluding carboxylic acids is 1. The van der Waals surface area contributed by atoms with E-state index < -0.39 is 0 Å². The predicted octanol–water partition coefficient (Wildman–Crippen LogP) is 3.38. The molecule has 0 spiro atoms. The van der Waals surface area contributed by atoms with Crippen molar-refractivity contribution in [2.75, 3.05) is 10.3 Å². The zero-order chi connectivity index (χ0) is 18.9. The SMILES string of the molecule is O=C(Nc1cccc(-c2n[nH]c3ccc(N4C=CNN4)cc23)c1)c1ccco1. The highest BCUT2D eigenvalue weighted by Crippen LogP contribution is 2.31. The Hall–Kier alpha value is -4.04. The number of aromatic nitrogens is 2. The van der Waals surface area contributed by atoms with Gasteiger partial charge in [0.15, 0.2) is 5.76 Å². The van der Waals surface area contributed by atoms with Crippen molar-refractivity contribution in [1.82, 2.24) is 21.2 Å². The number of amides is 1. The number of anilines is 2. The molecular weight excluding hydrogens is 356 g/mol. The average molecular weight is 372 g/mol. The van der Waals surface area contributed by atoms with E-state index in [0.29, 0.717) is 5.69 Å². The molecule has 8 heteroatoms. The number of furan rings is 1. The third-order valence-corrected chi connectivity index (χ3v) is 4.46. The topological polar surface area (TPSA) is 98.2 Å². The van der Waals surface area contributed by atoms with E-state index in [1.165, 1.54) is 6.26 Å². The minimum atomic E-state index is -0.296. The highest BCUT2D eigenvalue weighted by Gasteiger charge is 2.14. The molecule has 0 bridgehead atoms. The van der Waals surface area contributed by atoms with Crippen molar-refractivity contribution in [3.63, 3.8) is 0 Å². The fourth-order valence-corrected chi connectivity index (χ4v) is 3.12. The number of benzene rings is 2. The molecule has 0 atom stereocenters. The molecule has 2 aromatic heterocycles. The zero-order valence-corrected chi connectivity index (χ0v) is 14.6. The summed E-state index contributed by atoms with van der Waals surface area (Å²) in [4.78, 5) is 12.2. The molecule has 4 aromatic rings. The lowest BCUT2D eigenvalue weighted by Gasteiger charge is -2.15. The molecule has 1 aliphatic rings. The third-order valence-electron chi connectivity index (χ3n) is 4.46. The van der Waals surface area contributed by atoms with Crippen LogP contribution in [0.2, 0.25) is 0 Å². The van der Waals surface area contributed by atoms with Crippen LogP contribution in [0.5, 0.6) is 0 Å². The molecule has 4 N–H and O–H groups in total. The van der Waals surface area contributed by atoms with Gasteiger partial charge in [0.05, 0.1) is 17.5 Å². The number of hydrazine groups is 2. The summed E-state index contributed by atoms with van der Waals surface area (Å²) in [5.41, 5.74) is 10.2. The van der Waals surface area contributed by atoms with Crippen molar-refractivity contribution >= 4 is 28.2 Å². The normalized spacial score (nSPS) is 13.1. The van der Waals surface area contributed by atoms with Gasteiger partial charge in [0.25, 0.3) is 5.91 Å². The number of hydrogen-bond acceptors (Lipinski definition) is 6. The monoisotopic (exact) mass is 372 g/mol. The van der Waals surface area contributed by atoms with E-state index in [9.17, 15) is 4.79 Å². The van der Waals surface area contributed by atoms with Crippen LogP contribution in [0.3, 0.4) is 0 Å². The van der Waals surface area contributed by atoms with Gasteiger partial charge < -0.3 is 15.2 Å². The van der Waals surface area contributed by atoms with E-state index in [4.69, 9.17) is 4.42 Å². The third kappa shape index (κ3) is 2.87. The maximum atomic E-state index is 12.2. The lowest BCUT2D eigenvalue weighted by Crippen LogP contribution is -2.35. The molecule has 0 unspecified atom stereocenters. The van der Waals surface area contributed by atoms with Crippen LogP contribution < -0.4 is 21.3 Å². The number of aromatic amines is 1. The van der Waals surface area contributed by atoms with Crippen molar-refractivity contribution in [2.24, 2.45) is 0 Å². The Morgan fingerprint density at radius 1 is 1.11 bits per heavy atom. The quantitative estimate of drug-likeness (QED) is 0.438. The van der Waals surface area contributed by atoms with Crippen molar-refractivity contribution in [1.29, 1.82) is 0 Å². The largest absolute Gasteiger partial charge is 0.459 e. The van der Waals surface area contributed by atoms with Crippen LogP contribution in [0.1, 0.15) is 10.6 Å². The Kier molecular flexibility index (Phi) is 3.81. The summed E-state index contributed by atoms with van der Waals surface area (Å²) in [7, 11) is 0. The number of rotatable bonds is 4. The van der Waals surface area contributed by atoms with E-state index in [-0.39, 0.29) is 11.7 Å². The second-order valence-electron chi connectivity index (χ2n) is 6.26. The van der Waals surface area contributed by atoms with Gasteiger partial charge in [-0.15, -0.1) is 5.53 Å². The number of fused-ring (bicyclic) bond motifs is 1. The van der Waals surface area contributed by atoms with Gasteiger partial charge in [0.2, 0.25) is 0 Å². The fraction of sp³-hybridized carbons (Fsp3) is 0. The molecule has 138 valence electrons. The van der Waals surface area contributed by atoms with Gasteiger partial charge in [0, 0.05) is 29.0 Å². The maximum absolute atomic E-state index is 12.2. The van der Waals surface area contributed by atoms with Crippen LogP contribution in [0.25, 0.3) is 22.2 Å². The van der Waals surface area contributed by atoms with Crippen molar-refractivity contribution in [3.8, 4) is 11.3 Å². The summed E-state index contributed by atoms with van der Waals surface area (Å²) in [5, 5.41) is 13.2. The molecule has 0 radical (unpaired) electrons. The van der Waals surface area contributed by atoms with Gasteiger partial charge in [-0.05, 0) is 42.5 Å². The summed E-state index contributed by atoms with van der Waals surface area (Å²) >= 11 is 0. The maximum Gasteiger partial charge on any atom is 0.291 e. The molecule has 3 heterocycles. The van der Waals surface area contributed by atoms with Gasteiger partial charge in [-0.25, -0.2) is 0 Å². The van der Waals surface area contributed by atoms with Gasteiger partial charge in [0.1, 0.15) is 5.69 Å². The van der Waals surface area contributed by atoms with Crippen LogP contribution in [-0.4, -0.2) is 16.1 Å². The van der Waals surface area contributed by atoms with Crippen molar-refractivity contribution in [2.45, 2.75) is 0 Å². The molecule has 0 aliphatic carbocycles. The second kappa shape index (κ2) is 6.60.